The van der Waals surface area contributed by atoms with Gasteiger partial charge in [-0.05, 0) is 24.1 Å². The first-order chi connectivity index (χ1) is 9.10. The molecule has 0 fully saturated rings. The van der Waals surface area contributed by atoms with E-state index in [1.54, 1.807) is 7.05 Å². The molecule has 2 amide bonds. The summed E-state index contributed by atoms with van der Waals surface area (Å²) in [6.45, 7) is 0.497. The third-order valence-corrected chi connectivity index (χ3v) is 3.12. The number of anilines is 3. The number of nitrogens with two attached hydrogens (primary N) is 1. The molecule has 1 aliphatic heterocycles. The maximum atomic E-state index is 11.3. The van der Waals surface area contributed by atoms with Crippen LogP contribution in [0.25, 0.3) is 0 Å². The Labute approximate surface area is 111 Å². The van der Waals surface area contributed by atoms with E-state index < -0.39 is 0 Å². The zero-order valence-electron chi connectivity index (χ0n) is 10.9. The molecule has 6 nitrogen and oxygen atoms in total. The highest BCUT2D eigenvalue weighted by Gasteiger charge is 2.16. The van der Waals surface area contributed by atoms with E-state index in [-0.39, 0.29) is 11.8 Å². The highest BCUT2D eigenvalue weighted by molar-refractivity contribution is 5.95. The largest absolute Gasteiger partial charge is 0.397 e. The topological polar surface area (TPSA) is 96.2 Å². The summed E-state index contributed by atoms with van der Waals surface area (Å²) >= 11 is 0. The average molecular weight is 262 g/mol. The van der Waals surface area contributed by atoms with E-state index in [4.69, 9.17) is 5.73 Å². The van der Waals surface area contributed by atoms with Gasteiger partial charge < -0.3 is 21.7 Å². The fourth-order valence-corrected chi connectivity index (χ4v) is 2.04. The summed E-state index contributed by atoms with van der Waals surface area (Å²) in [5.74, 6) is -0.00841. The molecule has 0 saturated carbocycles. The van der Waals surface area contributed by atoms with Crippen molar-refractivity contribution in [2.24, 2.45) is 0 Å². The molecule has 0 saturated heterocycles. The molecule has 0 unspecified atom stereocenters. The van der Waals surface area contributed by atoms with Gasteiger partial charge in [-0.15, -0.1) is 0 Å². The van der Waals surface area contributed by atoms with Gasteiger partial charge >= 0.3 is 0 Å². The molecule has 0 aromatic heterocycles. The van der Waals surface area contributed by atoms with Gasteiger partial charge in [0, 0.05) is 32.1 Å². The first-order valence-electron chi connectivity index (χ1n) is 6.27. The highest BCUT2D eigenvalue weighted by Crippen LogP contribution is 2.30. The van der Waals surface area contributed by atoms with Gasteiger partial charge in [0.05, 0.1) is 11.4 Å². The molecular formula is C13H18N4O2. The van der Waals surface area contributed by atoms with Crippen molar-refractivity contribution in [3.8, 4) is 0 Å². The minimum atomic E-state index is -0.0302. The first kappa shape index (κ1) is 13.2. The Kier molecular flexibility index (Phi) is 3.89. The monoisotopic (exact) mass is 262 g/mol. The second kappa shape index (κ2) is 5.60. The lowest BCUT2D eigenvalue weighted by atomic mass is 10.0. The van der Waals surface area contributed by atoms with Crippen LogP contribution in [0, 0.1) is 0 Å². The standard InChI is InChI=1S/C13H18N4O2/c1-15-12(18)4-5-16-11-7-10-8(6-9(11)14)2-3-13(19)17-10/h6-7,16H,2-5,14H2,1H3,(H,15,18)(H,17,19). The Bertz CT molecular complexity index is 514. The van der Waals surface area contributed by atoms with Crippen LogP contribution in [0.2, 0.25) is 0 Å². The first-order valence-corrected chi connectivity index (χ1v) is 6.27. The molecule has 5 N–H and O–H groups in total. The van der Waals surface area contributed by atoms with Crippen molar-refractivity contribution < 1.29 is 9.59 Å². The summed E-state index contributed by atoms with van der Waals surface area (Å²) in [5, 5.41) is 8.48. The number of nitrogen functional groups attached to an aromatic ring is 1. The number of rotatable bonds is 4. The van der Waals surface area contributed by atoms with E-state index in [0.717, 1.165) is 16.9 Å². The maximum Gasteiger partial charge on any atom is 0.224 e. The fourth-order valence-electron chi connectivity index (χ4n) is 2.04. The average Bonchev–Trinajstić information content (AvgIpc) is 2.39. The van der Waals surface area contributed by atoms with Crippen LogP contribution >= 0.6 is 0 Å². The van der Waals surface area contributed by atoms with Crippen LogP contribution in [0.3, 0.4) is 0 Å². The molecule has 0 aliphatic carbocycles. The summed E-state index contributed by atoms with van der Waals surface area (Å²) in [5.41, 5.74) is 9.17. The number of hydrogen-bond acceptors (Lipinski definition) is 4. The quantitative estimate of drug-likeness (QED) is 0.601. The molecule has 19 heavy (non-hydrogen) atoms. The minimum absolute atomic E-state index is 0.0218. The SMILES string of the molecule is CNC(=O)CCNc1cc2c(cc1N)CCC(=O)N2. The van der Waals surface area contributed by atoms with E-state index in [0.29, 0.717) is 31.5 Å². The van der Waals surface area contributed by atoms with Crippen LogP contribution in [-0.4, -0.2) is 25.4 Å². The molecule has 1 aliphatic rings. The lowest BCUT2D eigenvalue weighted by molar-refractivity contribution is -0.120. The Morgan fingerprint density at radius 2 is 2.21 bits per heavy atom. The number of carbonyl (C=O) groups is 2. The van der Waals surface area contributed by atoms with Gasteiger partial charge in [0.1, 0.15) is 0 Å². The molecule has 6 heteroatoms. The number of fused-ring (bicyclic) bond motifs is 1. The van der Waals surface area contributed by atoms with Gasteiger partial charge in [0.15, 0.2) is 0 Å². The highest BCUT2D eigenvalue weighted by atomic mass is 16.2. The van der Waals surface area contributed by atoms with Crippen LogP contribution in [0.1, 0.15) is 18.4 Å². The van der Waals surface area contributed by atoms with E-state index in [1.807, 2.05) is 12.1 Å². The number of aryl methyl sites for hydroxylation is 1. The van der Waals surface area contributed by atoms with Crippen molar-refractivity contribution in [2.45, 2.75) is 19.3 Å². The Hall–Kier alpha value is -2.24. The molecule has 102 valence electrons. The van der Waals surface area contributed by atoms with Gasteiger partial charge in [0.25, 0.3) is 0 Å². The van der Waals surface area contributed by atoms with Crippen molar-refractivity contribution >= 4 is 28.9 Å². The third-order valence-electron chi connectivity index (χ3n) is 3.12. The van der Waals surface area contributed by atoms with E-state index in [1.165, 1.54) is 0 Å². The van der Waals surface area contributed by atoms with Crippen molar-refractivity contribution in [2.75, 3.05) is 30.0 Å². The van der Waals surface area contributed by atoms with Crippen molar-refractivity contribution in [1.82, 2.24) is 5.32 Å². The van der Waals surface area contributed by atoms with Gasteiger partial charge in [-0.3, -0.25) is 9.59 Å². The smallest absolute Gasteiger partial charge is 0.224 e. The summed E-state index contributed by atoms with van der Waals surface area (Å²) < 4.78 is 0. The number of carbonyl (C=O) groups excluding carboxylic acids is 2. The molecule has 1 heterocycles. The molecule has 0 radical (unpaired) electrons. The molecule has 1 aromatic rings. The summed E-state index contributed by atoms with van der Waals surface area (Å²) in [4.78, 5) is 22.5. The van der Waals surface area contributed by atoms with Crippen LogP contribution in [0.4, 0.5) is 17.1 Å². The van der Waals surface area contributed by atoms with Crippen LogP contribution in [-0.2, 0) is 16.0 Å². The maximum absolute atomic E-state index is 11.3. The van der Waals surface area contributed by atoms with Crippen LogP contribution in [0.5, 0.6) is 0 Å². The number of nitrogens with one attached hydrogen (secondary N) is 3. The second-order valence-electron chi connectivity index (χ2n) is 4.49. The predicted octanol–water partition coefficient (Wildman–Crippen LogP) is 0.701. The third kappa shape index (κ3) is 3.15. The summed E-state index contributed by atoms with van der Waals surface area (Å²) in [6.07, 6.45) is 1.58. The Balaban J connectivity index is 2.07. The molecule has 2 rings (SSSR count). The van der Waals surface area contributed by atoms with Crippen LogP contribution in [0.15, 0.2) is 12.1 Å². The zero-order valence-corrected chi connectivity index (χ0v) is 10.9. The number of hydrogen-bond donors (Lipinski definition) is 4. The van der Waals surface area contributed by atoms with Gasteiger partial charge in [0.2, 0.25) is 11.8 Å². The molecule has 0 bridgehead atoms. The Morgan fingerprint density at radius 1 is 1.42 bits per heavy atom. The normalized spacial score (nSPS) is 13.4. The minimum Gasteiger partial charge on any atom is -0.397 e. The Morgan fingerprint density at radius 3 is 2.95 bits per heavy atom. The lowest BCUT2D eigenvalue weighted by Crippen LogP contribution is -2.22. The van der Waals surface area contributed by atoms with Crippen LogP contribution < -0.4 is 21.7 Å². The second-order valence-corrected chi connectivity index (χ2v) is 4.49. The van der Waals surface area contributed by atoms with Gasteiger partial charge in [-0.1, -0.05) is 0 Å². The van der Waals surface area contributed by atoms with Gasteiger partial charge in [-0.2, -0.15) is 0 Å². The van der Waals surface area contributed by atoms with Crippen molar-refractivity contribution in [1.29, 1.82) is 0 Å². The fraction of sp³-hybridized carbons (Fsp3) is 0.385. The zero-order chi connectivity index (χ0) is 13.8. The van der Waals surface area contributed by atoms with Gasteiger partial charge in [-0.25, -0.2) is 0 Å². The predicted molar refractivity (Wildman–Crippen MR) is 75.0 cm³/mol. The molecule has 0 spiro atoms. The number of benzene rings is 1. The lowest BCUT2D eigenvalue weighted by Gasteiger charge is -2.19. The van der Waals surface area contributed by atoms with Crippen molar-refractivity contribution in [3.05, 3.63) is 17.7 Å². The van der Waals surface area contributed by atoms with E-state index in [2.05, 4.69) is 16.0 Å². The van der Waals surface area contributed by atoms with E-state index in [9.17, 15) is 9.59 Å². The van der Waals surface area contributed by atoms with Crippen molar-refractivity contribution in [3.63, 3.8) is 0 Å². The number of amides is 2. The summed E-state index contributed by atoms with van der Waals surface area (Å²) in [6, 6.07) is 3.70. The van der Waals surface area contributed by atoms with E-state index >= 15 is 0 Å². The molecule has 1 aromatic carbocycles. The summed E-state index contributed by atoms with van der Waals surface area (Å²) in [7, 11) is 1.60. The molecule has 0 atom stereocenters. The molecular weight excluding hydrogens is 244 g/mol.